The molecule has 0 bridgehead atoms. The Morgan fingerprint density at radius 3 is 2.70 bits per heavy atom. The van der Waals surface area contributed by atoms with Crippen molar-refractivity contribution >= 4 is 12.0 Å². The average molecular weight is 367 g/mol. The molecule has 2 aromatic carbocycles. The van der Waals surface area contributed by atoms with Crippen molar-refractivity contribution in [3.63, 3.8) is 0 Å². The molecule has 0 spiro atoms. The summed E-state index contributed by atoms with van der Waals surface area (Å²) in [5, 5.41) is 9.19. The Bertz CT molecular complexity index is 844. The molecule has 4 heteroatoms. The van der Waals surface area contributed by atoms with Gasteiger partial charge in [0.2, 0.25) is 0 Å². The number of benzene rings is 2. The van der Waals surface area contributed by atoms with Crippen LogP contribution in [0, 0.1) is 11.7 Å². The minimum Gasteiger partial charge on any atom is -0.478 e. The van der Waals surface area contributed by atoms with E-state index in [1.54, 1.807) is 30.3 Å². The molecular weight excluding hydrogens is 341 g/mol. The average Bonchev–Trinajstić information content (AvgIpc) is 2.63. The normalized spacial score (nSPS) is 21.6. The Kier molecular flexibility index (Phi) is 6.07. The zero-order valence-electron chi connectivity index (χ0n) is 15.9. The summed E-state index contributed by atoms with van der Waals surface area (Å²) >= 11 is 0. The Hall–Kier alpha value is -2.46. The topological polar surface area (TPSA) is 40.5 Å². The first-order chi connectivity index (χ1) is 12.9. The third-order valence-electron chi connectivity index (χ3n) is 5.27. The van der Waals surface area contributed by atoms with E-state index < -0.39 is 5.97 Å². The molecule has 3 rings (SSSR count). The number of hydrogen-bond acceptors (Lipinski definition) is 2. The largest absolute Gasteiger partial charge is 0.478 e. The van der Waals surface area contributed by atoms with Gasteiger partial charge in [-0.25, -0.2) is 9.18 Å². The minimum atomic E-state index is -0.914. The van der Waals surface area contributed by atoms with Crippen molar-refractivity contribution in [2.75, 3.05) is 20.6 Å². The minimum absolute atomic E-state index is 0.193. The molecule has 0 amide bonds. The number of hydrogen-bond donors (Lipinski definition) is 1. The van der Waals surface area contributed by atoms with Crippen LogP contribution >= 0.6 is 0 Å². The van der Waals surface area contributed by atoms with E-state index in [9.17, 15) is 14.3 Å². The van der Waals surface area contributed by atoms with Crippen LogP contribution < -0.4 is 0 Å². The summed E-state index contributed by atoms with van der Waals surface area (Å²) in [5.41, 5.74) is 3.55. The van der Waals surface area contributed by atoms with Crippen LogP contribution in [0.2, 0.25) is 0 Å². The highest BCUT2D eigenvalue weighted by Crippen LogP contribution is 2.41. The monoisotopic (exact) mass is 367 g/mol. The molecule has 1 saturated carbocycles. The summed E-state index contributed by atoms with van der Waals surface area (Å²) in [5.74, 6) is -0.362. The molecule has 1 aliphatic rings. The fourth-order valence-electron chi connectivity index (χ4n) is 4.07. The van der Waals surface area contributed by atoms with Gasteiger partial charge in [-0.15, -0.1) is 0 Å². The van der Waals surface area contributed by atoms with Crippen LogP contribution in [-0.4, -0.2) is 36.6 Å². The summed E-state index contributed by atoms with van der Waals surface area (Å²) in [6, 6.07) is 14.0. The highest BCUT2D eigenvalue weighted by Gasteiger charge is 2.29. The van der Waals surface area contributed by atoms with Crippen molar-refractivity contribution in [2.45, 2.75) is 25.2 Å². The van der Waals surface area contributed by atoms with Crippen molar-refractivity contribution in [1.29, 1.82) is 0 Å². The van der Waals surface area contributed by atoms with E-state index in [4.69, 9.17) is 0 Å². The van der Waals surface area contributed by atoms with Crippen molar-refractivity contribution in [3.05, 3.63) is 76.6 Å². The van der Waals surface area contributed by atoms with Gasteiger partial charge >= 0.3 is 5.97 Å². The van der Waals surface area contributed by atoms with Crippen molar-refractivity contribution in [2.24, 2.45) is 5.92 Å². The fourth-order valence-corrected chi connectivity index (χ4v) is 4.07. The van der Waals surface area contributed by atoms with E-state index in [1.807, 2.05) is 12.1 Å². The van der Waals surface area contributed by atoms with E-state index in [0.29, 0.717) is 11.5 Å². The number of nitrogens with zero attached hydrogens (tertiary/aromatic N) is 1. The lowest BCUT2D eigenvalue weighted by Crippen LogP contribution is -2.29. The van der Waals surface area contributed by atoms with Crippen molar-refractivity contribution in [3.8, 4) is 0 Å². The Morgan fingerprint density at radius 1 is 1.22 bits per heavy atom. The first-order valence-corrected chi connectivity index (χ1v) is 9.35. The smallest absolute Gasteiger partial charge is 0.335 e. The Morgan fingerprint density at radius 2 is 2.00 bits per heavy atom. The van der Waals surface area contributed by atoms with Gasteiger partial charge in [0.1, 0.15) is 5.82 Å². The maximum Gasteiger partial charge on any atom is 0.335 e. The Labute approximate surface area is 160 Å². The lowest BCUT2D eigenvalue weighted by Gasteiger charge is -2.35. The molecule has 3 nitrogen and oxygen atoms in total. The maximum absolute atomic E-state index is 13.8. The van der Waals surface area contributed by atoms with Gasteiger partial charge in [0.05, 0.1) is 5.56 Å². The molecule has 1 aliphatic carbocycles. The molecule has 0 unspecified atom stereocenters. The van der Waals surface area contributed by atoms with Crippen molar-refractivity contribution < 1.29 is 14.3 Å². The summed E-state index contributed by atoms with van der Waals surface area (Å²) < 4.78 is 13.8. The third kappa shape index (κ3) is 5.04. The molecular formula is C23H26FNO2. The second kappa shape index (κ2) is 8.49. The maximum atomic E-state index is 13.8. The molecule has 1 fully saturated rings. The number of carboxylic acids is 1. The Balaban J connectivity index is 1.87. The molecule has 0 saturated heterocycles. The van der Waals surface area contributed by atoms with Crippen LogP contribution in [0.5, 0.6) is 0 Å². The number of carboxylic acid groups (broad SMARTS) is 1. The molecule has 2 aromatic rings. The van der Waals surface area contributed by atoms with Crippen LogP contribution in [-0.2, 0) is 0 Å². The van der Waals surface area contributed by atoms with Gasteiger partial charge in [-0.1, -0.05) is 35.9 Å². The molecule has 2 atom stereocenters. The molecule has 0 radical (unpaired) electrons. The van der Waals surface area contributed by atoms with Gasteiger partial charge in [0.25, 0.3) is 0 Å². The van der Waals surface area contributed by atoms with Crippen molar-refractivity contribution in [1.82, 2.24) is 4.90 Å². The number of aromatic carboxylic acids is 1. The molecule has 0 aliphatic heterocycles. The highest BCUT2D eigenvalue weighted by molar-refractivity contribution is 5.88. The quantitative estimate of drug-likeness (QED) is 0.804. The van der Waals surface area contributed by atoms with Gasteiger partial charge in [0, 0.05) is 6.54 Å². The van der Waals surface area contributed by atoms with Gasteiger partial charge in [0.15, 0.2) is 0 Å². The number of halogens is 1. The predicted molar refractivity (Wildman–Crippen MR) is 106 cm³/mol. The molecule has 142 valence electrons. The van der Waals surface area contributed by atoms with E-state index in [1.165, 1.54) is 11.6 Å². The molecule has 0 aromatic heterocycles. The van der Waals surface area contributed by atoms with Crippen LogP contribution in [0.25, 0.3) is 6.08 Å². The van der Waals surface area contributed by atoms with Gasteiger partial charge in [-0.05, 0) is 80.6 Å². The second-order valence-electron chi connectivity index (χ2n) is 7.66. The summed E-state index contributed by atoms with van der Waals surface area (Å²) in [6.45, 7) is 0.975. The van der Waals surface area contributed by atoms with E-state index in [2.05, 4.69) is 25.1 Å². The van der Waals surface area contributed by atoms with Gasteiger partial charge < -0.3 is 10.0 Å². The van der Waals surface area contributed by atoms with E-state index in [0.717, 1.165) is 36.9 Å². The lowest BCUT2D eigenvalue weighted by atomic mass is 9.73. The lowest BCUT2D eigenvalue weighted by molar-refractivity contribution is 0.0697. The van der Waals surface area contributed by atoms with Crippen LogP contribution in [0.1, 0.15) is 46.7 Å². The standard InChI is InChI=1S/C23H26FNO2/c1-25(2)15-20-10-9-17(11-16-5-3-7-19(12-16)23(26)27)13-22(20)18-6-4-8-21(24)14-18/h3-8,11-12,14,20,22H,9-10,13,15H2,1-2H3,(H,26,27)/b17-11+/t20-,22-/m0/s1. The van der Waals surface area contributed by atoms with Crippen LogP contribution in [0.3, 0.4) is 0 Å². The number of carbonyl (C=O) groups is 1. The first kappa shape index (κ1) is 19.3. The molecule has 27 heavy (non-hydrogen) atoms. The summed E-state index contributed by atoms with van der Waals surface area (Å²) in [7, 11) is 4.15. The molecule has 0 heterocycles. The number of allylic oxidation sites excluding steroid dienone is 1. The molecule has 1 N–H and O–H groups in total. The van der Waals surface area contributed by atoms with E-state index in [-0.39, 0.29) is 11.7 Å². The fraction of sp³-hybridized carbons (Fsp3) is 0.348. The summed E-state index contributed by atoms with van der Waals surface area (Å²) in [4.78, 5) is 13.4. The SMILES string of the molecule is CN(C)C[C@@H]1CC/C(=C\c2cccc(C(=O)O)c2)C[C@H]1c1cccc(F)c1. The van der Waals surface area contributed by atoms with Crippen LogP contribution in [0.15, 0.2) is 54.1 Å². The van der Waals surface area contributed by atoms with Crippen LogP contribution in [0.4, 0.5) is 4.39 Å². The highest BCUT2D eigenvalue weighted by atomic mass is 19.1. The predicted octanol–water partition coefficient (Wildman–Crippen LogP) is 5.05. The zero-order chi connectivity index (χ0) is 19.4. The third-order valence-corrected chi connectivity index (χ3v) is 5.27. The first-order valence-electron chi connectivity index (χ1n) is 9.35. The van der Waals surface area contributed by atoms with Gasteiger partial charge in [-0.3, -0.25) is 0 Å². The second-order valence-corrected chi connectivity index (χ2v) is 7.66. The van der Waals surface area contributed by atoms with Gasteiger partial charge in [-0.2, -0.15) is 0 Å². The number of rotatable bonds is 5. The summed E-state index contributed by atoms with van der Waals surface area (Å²) in [6.07, 6.45) is 5.01. The van der Waals surface area contributed by atoms with E-state index >= 15 is 0 Å². The zero-order valence-corrected chi connectivity index (χ0v) is 15.9.